The highest BCUT2D eigenvalue weighted by Gasteiger charge is 2.17. The van der Waals surface area contributed by atoms with E-state index in [1.807, 2.05) is 0 Å². The molecule has 1 heterocycles. The number of rotatable bonds is 3. The number of carboxylic acids is 1. The van der Waals surface area contributed by atoms with Crippen LogP contribution in [-0.2, 0) is 16.6 Å². The molecule has 0 unspecified atom stereocenters. The van der Waals surface area contributed by atoms with Gasteiger partial charge in [-0.05, 0) is 13.0 Å². The summed E-state index contributed by atoms with van der Waals surface area (Å²) in [6.45, 7) is 1.67. The quantitative estimate of drug-likeness (QED) is 0.601. The summed E-state index contributed by atoms with van der Waals surface area (Å²) in [6, 6.07) is 0. The summed E-state index contributed by atoms with van der Waals surface area (Å²) in [5.74, 6) is -1.63. The first-order valence-corrected chi connectivity index (χ1v) is 4.50. The van der Waals surface area contributed by atoms with Gasteiger partial charge in [0.2, 0.25) is 0 Å². The summed E-state index contributed by atoms with van der Waals surface area (Å²) in [6.07, 6.45) is 2.55. The van der Waals surface area contributed by atoms with Crippen LogP contribution in [0.4, 0.5) is 0 Å². The van der Waals surface area contributed by atoms with Crippen molar-refractivity contribution >= 4 is 18.0 Å². The Kier molecular flexibility index (Phi) is 3.44. The van der Waals surface area contributed by atoms with Crippen LogP contribution in [0.15, 0.2) is 6.08 Å². The predicted molar refractivity (Wildman–Crippen MR) is 56.0 cm³/mol. The lowest BCUT2D eigenvalue weighted by Crippen LogP contribution is -2.06. The molecule has 0 aliphatic heterocycles. The minimum atomic E-state index is -1.09. The van der Waals surface area contributed by atoms with Gasteiger partial charge < -0.3 is 9.84 Å². The summed E-state index contributed by atoms with van der Waals surface area (Å²) in [5, 5.41) is 12.9. The number of aromatic carboxylic acids is 1. The van der Waals surface area contributed by atoms with E-state index in [2.05, 4.69) is 9.84 Å². The fourth-order valence-corrected chi connectivity index (χ4v) is 1.35. The van der Waals surface area contributed by atoms with Crippen molar-refractivity contribution < 1.29 is 19.4 Å². The Morgan fingerprint density at radius 1 is 1.50 bits per heavy atom. The molecule has 0 radical (unpaired) electrons. The molecule has 6 nitrogen and oxygen atoms in total. The van der Waals surface area contributed by atoms with E-state index in [1.54, 1.807) is 6.92 Å². The zero-order valence-corrected chi connectivity index (χ0v) is 9.22. The maximum Gasteiger partial charge on any atom is 0.354 e. The average Bonchev–Trinajstić information content (AvgIpc) is 2.49. The number of aromatic nitrogens is 2. The smallest absolute Gasteiger partial charge is 0.354 e. The molecule has 0 bridgehead atoms. The molecule has 0 saturated heterocycles. The first kappa shape index (κ1) is 12.0. The number of carbonyl (C=O) groups is 2. The lowest BCUT2D eigenvalue weighted by molar-refractivity contribution is -0.134. The van der Waals surface area contributed by atoms with Crippen molar-refractivity contribution in [3.8, 4) is 0 Å². The third-order valence-corrected chi connectivity index (χ3v) is 2.06. The molecule has 0 fully saturated rings. The van der Waals surface area contributed by atoms with Gasteiger partial charge in [-0.2, -0.15) is 5.10 Å². The van der Waals surface area contributed by atoms with E-state index in [0.717, 1.165) is 6.08 Å². The molecule has 1 aromatic rings. The van der Waals surface area contributed by atoms with E-state index in [0.29, 0.717) is 11.3 Å². The third-order valence-electron chi connectivity index (χ3n) is 2.06. The van der Waals surface area contributed by atoms with Crippen LogP contribution in [0, 0.1) is 6.92 Å². The van der Waals surface area contributed by atoms with Gasteiger partial charge in [-0.25, -0.2) is 9.59 Å². The monoisotopic (exact) mass is 224 g/mol. The molecule has 0 aromatic carbocycles. The molecule has 0 aliphatic carbocycles. The topological polar surface area (TPSA) is 81.4 Å². The summed E-state index contributed by atoms with van der Waals surface area (Å²) in [7, 11) is 2.78. The van der Waals surface area contributed by atoms with E-state index in [-0.39, 0.29) is 5.69 Å². The lowest BCUT2D eigenvalue weighted by atomic mass is 10.1. The van der Waals surface area contributed by atoms with Crippen LogP contribution in [0.5, 0.6) is 0 Å². The van der Waals surface area contributed by atoms with Crippen LogP contribution in [0.3, 0.4) is 0 Å². The molecule has 86 valence electrons. The van der Waals surface area contributed by atoms with Crippen LogP contribution < -0.4 is 0 Å². The molecule has 0 aliphatic rings. The van der Waals surface area contributed by atoms with Crippen molar-refractivity contribution in [1.82, 2.24) is 9.78 Å². The van der Waals surface area contributed by atoms with Crippen LogP contribution >= 0.6 is 0 Å². The molecule has 0 amide bonds. The van der Waals surface area contributed by atoms with E-state index < -0.39 is 11.9 Å². The Bertz CT molecular complexity index is 460. The summed E-state index contributed by atoms with van der Waals surface area (Å²) in [5.41, 5.74) is 0.984. The van der Waals surface area contributed by atoms with Gasteiger partial charge in [0.15, 0.2) is 5.69 Å². The minimum absolute atomic E-state index is 0.0395. The highest BCUT2D eigenvalue weighted by atomic mass is 16.5. The second kappa shape index (κ2) is 4.61. The van der Waals surface area contributed by atoms with Gasteiger partial charge in [-0.15, -0.1) is 0 Å². The largest absolute Gasteiger partial charge is 0.477 e. The number of carboxylic acid groups (broad SMARTS) is 1. The van der Waals surface area contributed by atoms with Crippen molar-refractivity contribution in [3.63, 3.8) is 0 Å². The van der Waals surface area contributed by atoms with Gasteiger partial charge >= 0.3 is 11.9 Å². The first-order chi connectivity index (χ1) is 7.47. The summed E-state index contributed by atoms with van der Waals surface area (Å²) in [4.78, 5) is 21.9. The molecule has 0 spiro atoms. The van der Waals surface area contributed by atoms with E-state index in [1.165, 1.54) is 24.9 Å². The number of aryl methyl sites for hydroxylation is 2. The van der Waals surface area contributed by atoms with Crippen molar-refractivity contribution in [2.75, 3.05) is 7.11 Å². The lowest BCUT2D eigenvalue weighted by Gasteiger charge is -1.96. The van der Waals surface area contributed by atoms with Gasteiger partial charge in [0, 0.05) is 18.7 Å². The Labute approximate surface area is 92.1 Å². The normalized spacial score (nSPS) is 10.7. The van der Waals surface area contributed by atoms with Gasteiger partial charge in [-0.1, -0.05) is 0 Å². The number of hydrogen-bond acceptors (Lipinski definition) is 4. The molecular formula is C10H12N2O4. The van der Waals surface area contributed by atoms with E-state index in [9.17, 15) is 9.59 Å². The number of esters is 1. The molecular weight excluding hydrogens is 212 g/mol. The van der Waals surface area contributed by atoms with Gasteiger partial charge in [-0.3, -0.25) is 4.68 Å². The van der Waals surface area contributed by atoms with Crippen LogP contribution in [-0.4, -0.2) is 33.9 Å². The maximum absolute atomic E-state index is 11.0. The standard InChI is InChI=1S/C10H12N2O4/c1-6-7(4-5-8(13)16-3)9(10(14)15)12(2)11-6/h4-5H,1-3H3,(H,14,15). The fraction of sp³-hybridized carbons (Fsp3) is 0.300. The summed E-state index contributed by atoms with van der Waals surface area (Å²) >= 11 is 0. The van der Waals surface area contributed by atoms with Crippen LogP contribution in [0.25, 0.3) is 6.08 Å². The predicted octanol–water partition coefficient (Wildman–Crippen LogP) is 0.613. The Balaban J connectivity index is 3.17. The van der Waals surface area contributed by atoms with Crippen molar-refractivity contribution in [1.29, 1.82) is 0 Å². The average molecular weight is 224 g/mol. The van der Waals surface area contributed by atoms with Crippen LogP contribution in [0.2, 0.25) is 0 Å². The van der Waals surface area contributed by atoms with Crippen molar-refractivity contribution in [3.05, 3.63) is 23.0 Å². The Morgan fingerprint density at radius 2 is 2.12 bits per heavy atom. The second-order valence-electron chi connectivity index (χ2n) is 3.13. The second-order valence-corrected chi connectivity index (χ2v) is 3.13. The first-order valence-electron chi connectivity index (χ1n) is 4.50. The maximum atomic E-state index is 11.0. The SMILES string of the molecule is COC(=O)C=Cc1c(C)nn(C)c1C(=O)O. The minimum Gasteiger partial charge on any atom is -0.477 e. The molecule has 6 heteroatoms. The highest BCUT2D eigenvalue weighted by molar-refractivity contribution is 5.94. The number of methoxy groups -OCH3 is 1. The highest BCUT2D eigenvalue weighted by Crippen LogP contribution is 2.14. The number of carbonyl (C=O) groups excluding carboxylic acids is 1. The van der Waals surface area contributed by atoms with Gasteiger partial charge in [0.1, 0.15) is 0 Å². The molecule has 0 saturated carbocycles. The fourth-order valence-electron chi connectivity index (χ4n) is 1.35. The number of hydrogen-bond donors (Lipinski definition) is 1. The van der Waals surface area contributed by atoms with Crippen molar-refractivity contribution in [2.24, 2.45) is 7.05 Å². The molecule has 1 rings (SSSR count). The molecule has 16 heavy (non-hydrogen) atoms. The molecule has 0 atom stereocenters. The van der Waals surface area contributed by atoms with E-state index >= 15 is 0 Å². The zero-order valence-electron chi connectivity index (χ0n) is 9.22. The van der Waals surface area contributed by atoms with E-state index in [4.69, 9.17) is 5.11 Å². The molecule has 1 aromatic heterocycles. The Hall–Kier alpha value is -2.11. The third kappa shape index (κ3) is 2.28. The molecule has 1 N–H and O–H groups in total. The van der Waals surface area contributed by atoms with Crippen molar-refractivity contribution in [2.45, 2.75) is 6.92 Å². The number of ether oxygens (including phenoxy) is 1. The number of nitrogens with zero attached hydrogens (tertiary/aromatic N) is 2. The summed E-state index contributed by atoms with van der Waals surface area (Å²) < 4.78 is 5.68. The van der Waals surface area contributed by atoms with Crippen LogP contribution in [0.1, 0.15) is 21.7 Å². The Morgan fingerprint density at radius 3 is 2.62 bits per heavy atom. The zero-order chi connectivity index (χ0) is 12.3. The van der Waals surface area contributed by atoms with Gasteiger partial charge in [0.25, 0.3) is 0 Å². The van der Waals surface area contributed by atoms with Gasteiger partial charge in [0.05, 0.1) is 12.8 Å².